The van der Waals surface area contributed by atoms with Crippen molar-refractivity contribution >= 4 is 17.2 Å². The van der Waals surface area contributed by atoms with Crippen molar-refractivity contribution in [1.82, 2.24) is 5.32 Å². The number of thiophene rings is 1. The summed E-state index contributed by atoms with van der Waals surface area (Å²) in [6.45, 7) is 7.58. The third-order valence-electron chi connectivity index (χ3n) is 11.0. The summed E-state index contributed by atoms with van der Waals surface area (Å²) in [5.41, 5.74) is 0.0992. The first-order valence-corrected chi connectivity index (χ1v) is 14.4. The van der Waals surface area contributed by atoms with E-state index in [2.05, 4.69) is 32.2 Å². The Bertz CT molecular complexity index is 876. The van der Waals surface area contributed by atoms with Gasteiger partial charge in [-0.2, -0.15) is 0 Å². The molecule has 0 radical (unpaired) electrons. The van der Waals surface area contributed by atoms with Crippen molar-refractivity contribution in [3.05, 3.63) is 22.4 Å². The number of fused-ring (bicyclic) bond motifs is 5. The van der Waals surface area contributed by atoms with Gasteiger partial charge in [-0.15, -0.1) is 11.3 Å². The molecule has 1 unspecified atom stereocenters. The molecule has 0 spiro atoms. The molecule has 4 N–H and O–H groups in total. The maximum absolute atomic E-state index is 12.7. The van der Waals surface area contributed by atoms with Gasteiger partial charge in [0.1, 0.15) is 0 Å². The first-order valence-electron chi connectivity index (χ1n) is 13.5. The van der Waals surface area contributed by atoms with Crippen LogP contribution in [0.15, 0.2) is 17.5 Å². The van der Waals surface area contributed by atoms with Crippen LogP contribution >= 0.6 is 11.3 Å². The predicted octanol–water partition coefficient (Wildman–Crippen LogP) is 4.35. The highest BCUT2D eigenvalue weighted by atomic mass is 32.1. The summed E-state index contributed by atoms with van der Waals surface area (Å²) < 4.78 is 0. The Morgan fingerprint density at radius 2 is 1.79 bits per heavy atom. The largest absolute Gasteiger partial charge is 0.393 e. The number of carbonyl (C=O) groups excluding carboxylic acids is 1. The van der Waals surface area contributed by atoms with Gasteiger partial charge in [-0.3, -0.25) is 4.79 Å². The highest BCUT2D eigenvalue weighted by Gasteiger charge is 2.65. The van der Waals surface area contributed by atoms with Crippen molar-refractivity contribution in [2.24, 2.45) is 46.3 Å². The van der Waals surface area contributed by atoms with Gasteiger partial charge in [0, 0.05) is 11.3 Å². The van der Waals surface area contributed by atoms with Crippen LogP contribution in [0.25, 0.3) is 0 Å². The summed E-state index contributed by atoms with van der Waals surface area (Å²) in [6.07, 6.45) is 5.50. The second-order valence-corrected chi connectivity index (χ2v) is 13.6. The van der Waals surface area contributed by atoms with Gasteiger partial charge >= 0.3 is 0 Å². The summed E-state index contributed by atoms with van der Waals surface area (Å²) in [4.78, 5) is 13.9. The molecule has 6 heteroatoms. The van der Waals surface area contributed by atoms with Gasteiger partial charge in [0.2, 0.25) is 5.91 Å². The fraction of sp³-hybridized carbons (Fsp3) is 0.821. The minimum atomic E-state index is -0.747. The third kappa shape index (κ3) is 3.97. The van der Waals surface area contributed by atoms with Gasteiger partial charge < -0.3 is 20.6 Å². The molecule has 0 bridgehead atoms. The van der Waals surface area contributed by atoms with E-state index in [1.165, 1.54) is 4.88 Å². The third-order valence-corrected chi connectivity index (χ3v) is 11.9. The maximum Gasteiger partial charge on any atom is 0.220 e. The van der Waals surface area contributed by atoms with Gasteiger partial charge in [0.25, 0.3) is 0 Å². The number of nitrogens with one attached hydrogen (secondary N) is 1. The second kappa shape index (κ2) is 9.17. The normalized spacial score (nSPS) is 46.8. The van der Waals surface area contributed by atoms with Crippen molar-refractivity contribution in [2.45, 2.75) is 97.0 Å². The molecule has 5 nitrogen and oxygen atoms in total. The minimum Gasteiger partial charge on any atom is -0.393 e. The molecule has 1 amide bonds. The minimum absolute atomic E-state index is 0.00471. The van der Waals surface area contributed by atoms with Crippen LogP contribution in [-0.2, 0) is 11.3 Å². The molecule has 4 aliphatic rings. The van der Waals surface area contributed by atoms with Crippen molar-refractivity contribution < 1.29 is 20.1 Å². The van der Waals surface area contributed by atoms with E-state index >= 15 is 0 Å². The van der Waals surface area contributed by atoms with Gasteiger partial charge in [0.15, 0.2) is 0 Å². The lowest BCUT2D eigenvalue weighted by atomic mass is 9.43. The first-order chi connectivity index (χ1) is 16.1. The lowest BCUT2D eigenvalue weighted by Crippen LogP contribution is -2.64. The molecule has 190 valence electrons. The average Bonchev–Trinajstić information content (AvgIpc) is 3.44. The van der Waals surface area contributed by atoms with Crippen LogP contribution in [0.2, 0.25) is 0 Å². The molecule has 4 saturated carbocycles. The van der Waals surface area contributed by atoms with Crippen molar-refractivity contribution in [1.29, 1.82) is 0 Å². The molecule has 0 aliphatic heterocycles. The molecule has 1 heterocycles. The fourth-order valence-corrected chi connectivity index (χ4v) is 9.96. The summed E-state index contributed by atoms with van der Waals surface area (Å²) in [7, 11) is 0. The Kier molecular flexibility index (Phi) is 6.67. The van der Waals surface area contributed by atoms with E-state index in [0.717, 1.165) is 38.5 Å². The first kappa shape index (κ1) is 24.7. The van der Waals surface area contributed by atoms with Crippen LogP contribution in [0.1, 0.15) is 77.0 Å². The maximum atomic E-state index is 12.7. The summed E-state index contributed by atoms with van der Waals surface area (Å²) >= 11 is 1.67. The zero-order valence-electron chi connectivity index (χ0n) is 21.0. The quantitative estimate of drug-likeness (QED) is 0.495. The molecule has 0 saturated heterocycles. The van der Waals surface area contributed by atoms with Crippen LogP contribution in [0, 0.1) is 46.3 Å². The Hall–Kier alpha value is -0.950. The van der Waals surface area contributed by atoms with E-state index < -0.39 is 12.2 Å². The van der Waals surface area contributed by atoms with E-state index in [9.17, 15) is 20.1 Å². The zero-order chi connectivity index (χ0) is 24.3. The fourth-order valence-electron chi connectivity index (χ4n) is 9.32. The van der Waals surface area contributed by atoms with Crippen LogP contribution in [0.5, 0.6) is 0 Å². The van der Waals surface area contributed by atoms with Gasteiger partial charge in [-0.25, -0.2) is 0 Å². The van der Waals surface area contributed by atoms with Gasteiger partial charge in [-0.05, 0) is 103 Å². The SMILES string of the molecule is C[C@H](CC(=O)NCc1cccs1)C1CC[C@H]2[C@@H]3[C@H](O)[C@H](O)[C@@H]4C[C@H](O)CC[C@]4(C)[C@H]3CC[C@]12C. The molecule has 1 aromatic rings. The standard InChI is InChI=1S/C28H43NO4S/c1-16(13-23(31)29-15-18-5-4-12-34-18)19-6-7-20-24-21(9-11-27(19,20)2)28(3)10-8-17(30)14-22(28)25(32)26(24)33/h4-5,12,16-17,19-22,24-26,30,32-33H,6-11,13-15H2,1-3H3,(H,29,31)/t16-,17-,19?,20+,21+,22+,24+,25-,26+,27-,28-/m1/s1. The Morgan fingerprint density at radius 3 is 2.53 bits per heavy atom. The topological polar surface area (TPSA) is 89.8 Å². The van der Waals surface area contributed by atoms with Crippen molar-refractivity contribution in [3.63, 3.8) is 0 Å². The monoisotopic (exact) mass is 489 g/mol. The van der Waals surface area contributed by atoms with Crippen LogP contribution < -0.4 is 5.32 Å². The number of aliphatic hydroxyl groups excluding tert-OH is 3. The predicted molar refractivity (Wildman–Crippen MR) is 134 cm³/mol. The number of rotatable bonds is 5. The summed E-state index contributed by atoms with van der Waals surface area (Å²) in [5, 5.41) is 38.1. The molecular formula is C28H43NO4S. The van der Waals surface area contributed by atoms with Crippen LogP contribution in [-0.4, -0.2) is 39.5 Å². The van der Waals surface area contributed by atoms with Crippen LogP contribution in [0.4, 0.5) is 0 Å². The molecule has 11 atom stereocenters. The molecule has 1 aromatic heterocycles. The lowest BCUT2D eigenvalue weighted by molar-refractivity contribution is -0.223. The van der Waals surface area contributed by atoms with Crippen molar-refractivity contribution in [2.75, 3.05) is 0 Å². The highest BCUT2D eigenvalue weighted by molar-refractivity contribution is 7.09. The van der Waals surface area contributed by atoms with E-state index in [1.54, 1.807) is 11.3 Å². The molecule has 34 heavy (non-hydrogen) atoms. The Morgan fingerprint density at radius 1 is 1.06 bits per heavy atom. The zero-order valence-corrected chi connectivity index (χ0v) is 21.8. The van der Waals surface area contributed by atoms with Crippen LogP contribution in [0.3, 0.4) is 0 Å². The van der Waals surface area contributed by atoms with E-state index in [4.69, 9.17) is 0 Å². The highest BCUT2D eigenvalue weighted by Crippen LogP contribution is 2.68. The summed E-state index contributed by atoms with van der Waals surface area (Å²) in [5.74, 6) is 1.80. The molecular weight excluding hydrogens is 446 g/mol. The van der Waals surface area contributed by atoms with E-state index in [0.29, 0.717) is 43.1 Å². The molecule has 5 rings (SSSR count). The lowest BCUT2D eigenvalue weighted by Gasteiger charge is -2.63. The van der Waals surface area contributed by atoms with E-state index in [-0.39, 0.29) is 34.7 Å². The van der Waals surface area contributed by atoms with Gasteiger partial charge in [0.05, 0.1) is 24.9 Å². The number of carbonyl (C=O) groups is 1. The van der Waals surface area contributed by atoms with Gasteiger partial charge in [-0.1, -0.05) is 26.8 Å². The number of hydrogen-bond donors (Lipinski definition) is 4. The Labute approximate surface area is 208 Å². The average molecular weight is 490 g/mol. The van der Waals surface area contributed by atoms with Crippen molar-refractivity contribution in [3.8, 4) is 0 Å². The summed E-state index contributed by atoms with van der Waals surface area (Å²) in [6, 6.07) is 4.07. The number of aliphatic hydroxyl groups is 3. The Balaban J connectivity index is 1.30. The number of hydrogen-bond acceptors (Lipinski definition) is 5. The molecule has 0 aromatic carbocycles. The molecule has 4 aliphatic carbocycles. The smallest absolute Gasteiger partial charge is 0.220 e. The van der Waals surface area contributed by atoms with E-state index in [1.807, 2.05) is 11.4 Å². The molecule has 4 fully saturated rings. The second-order valence-electron chi connectivity index (χ2n) is 12.6. The number of amides is 1.